The molecule has 3 nitrogen and oxygen atoms in total. The Bertz CT molecular complexity index is 891. The van der Waals surface area contributed by atoms with Gasteiger partial charge in [0.1, 0.15) is 5.60 Å². The van der Waals surface area contributed by atoms with Crippen molar-refractivity contribution >= 4 is 11.3 Å². The number of rotatable bonds is 5. The van der Waals surface area contributed by atoms with Crippen LogP contribution in [0.4, 0.5) is 0 Å². The molecule has 4 aliphatic carbocycles. The zero-order valence-corrected chi connectivity index (χ0v) is 21.6. The second-order valence-electron chi connectivity index (χ2n) is 12.3. The number of thiophene rings is 1. The summed E-state index contributed by atoms with van der Waals surface area (Å²) in [6.07, 6.45) is 15.6. The molecule has 182 valence electrons. The van der Waals surface area contributed by atoms with Gasteiger partial charge in [0.2, 0.25) is 0 Å². The minimum atomic E-state index is -0.627. The van der Waals surface area contributed by atoms with Crippen molar-refractivity contribution in [3.8, 4) is 0 Å². The normalized spacial score (nSPS) is 45.4. The van der Waals surface area contributed by atoms with E-state index in [0.29, 0.717) is 17.3 Å². The third-order valence-electron chi connectivity index (χ3n) is 11.3. The summed E-state index contributed by atoms with van der Waals surface area (Å²) in [6, 6.07) is 2.29. The minimum absolute atomic E-state index is 0.223. The van der Waals surface area contributed by atoms with Crippen LogP contribution in [0.2, 0.25) is 0 Å². The Kier molecular flexibility index (Phi) is 5.64. The van der Waals surface area contributed by atoms with Crippen molar-refractivity contribution in [2.45, 2.75) is 95.7 Å². The maximum absolute atomic E-state index is 12.7. The van der Waals surface area contributed by atoms with Gasteiger partial charge >= 0.3 is 0 Å². The van der Waals surface area contributed by atoms with Crippen molar-refractivity contribution in [3.63, 3.8) is 0 Å². The molecule has 1 aromatic rings. The molecule has 5 aliphatic rings. The van der Waals surface area contributed by atoms with Gasteiger partial charge in [-0.15, -0.1) is 0 Å². The van der Waals surface area contributed by atoms with E-state index < -0.39 is 5.60 Å². The van der Waals surface area contributed by atoms with E-state index in [1.807, 2.05) is 0 Å². The molecule has 1 aromatic heterocycles. The topological polar surface area (TPSA) is 32.7 Å². The second kappa shape index (κ2) is 8.18. The number of hydrogen-bond donors (Lipinski definition) is 1. The molecule has 1 unspecified atom stereocenters. The van der Waals surface area contributed by atoms with E-state index in [2.05, 4.69) is 41.6 Å². The zero-order valence-electron chi connectivity index (χ0n) is 20.8. The summed E-state index contributed by atoms with van der Waals surface area (Å²) in [5.41, 5.74) is 2.15. The first kappa shape index (κ1) is 22.8. The van der Waals surface area contributed by atoms with E-state index in [4.69, 9.17) is 4.74 Å². The lowest BCUT2D eigenvalue weighted by molar-refractivity contribution is -0.235. The molecule has 0 amide bonds. The molecule has 2 heterocycles. The predicted molar refractivity (Wildman–Crippen MR) is 135 cm³/mol. The second-order valence-corrected chi connectivity index (χ2v) is 13.1. The maximum atomic E-state index is 12.7. The molecule has 6 atom stereocenters. The molecule has 1 saturated heterocycles. The standard InChI is InChI=1S/C29H43NO2S/c1-26-12-4-3-7-22(26)8-9-25-24(26)10-13-27(2)28(25,31)14-15-29(27,23-11-20-33-21-23)32-19-18-30-16-5-6-17-30/h7,11,20-21,24-25,31H,3-6,8-10,12-19H2,1-2H3/t24-,25-,26+,27+,28-,29?/m1/s1. The highest BCUT2D eigenvalue weighted by molar-refractivity contribution is 7.08. The predicted octanol–water partition coefficient (Wildman–Crippen LogP) is 6.52. The number of allylic oxidation sites excluding steroid dienone is 2. The van der Waals surface area contributed by atoms with Crippen molar-refractivity contribution in [3.05, 3.63) is 34.0 Å². The first-order valence-corrected chi connectivity index (χ1v) is 14.7. The Morgan fingerprint density at radius 2 is 1.91 bits per heavy atom. The summed E-state index contributed by atoms with van der Waals surface area (Å²) in [4.78, 5) is 2.56. The molecule has 0 radical (unpaired) electrons. The van der Waals surface area contributed by atoms with Gasteiger partial charge < -0.3 is 14.7 Å². The summed E-state index contributed by atoms with van der Waals surface area (Å²) in [5, 5.41) is 17.2. The number of fused-ring (bicyclic) bond motifs is 5. The highest BCUT2D eigenvalue weighted by Gasteiger charge is 2.72. The van der Waals surface area contributed by atoms with Crippen LogP contribution in [0, 0.1) is 22.7 Å². The number of aliphatic hydroxyl groups is 1. The lowest BCUT2D eigenvalue weighted by Gasteiger charge is -2.63. The van der Waals surface area contributed by atoms with Crippen LogP contribution in [0.5, 0.6) is 0 Å². The highest BCUT2D eigenvalue weighted by atomic mass is 32.1. The van der Waals surface area contributed by atoms with E-state index >= 15 is 0 Å². The van der Waals surface area contributed by atoms with Crippen LogP contribution in [0.25, 0.3) is 0 Å². The van der Waals surface area contributed by atoms with Gasteiger partial charge in [-0.25, -0.2) is 0 Å². The molecule has 4 fully saturated rings. The number of hydrogen-bond acceptors (Lipinski definition) is 4. The molecule has 6 rings (SSSR count). The quantitative estimate of drug-likeness (QED) is 0.498. The van der Waals surface area contributed by atoms with Gasteiger partial charge in [-0.3, -0.25) is 0 Å². The molecule has 1 aliphatic heterocycles. The summed E-state index contributed by atoms with van der Waals surface area (Å²) in [7, 11) is 0. The molecule has 3 saturated carbocycles. The Balaban J connectivity index is 1.33. The average Bonchev–Trinajstić information content (AvgIpc) is 3.56. The average molecular weight is 470 g/mol. The first-order chi connectivity index (χ1) is 15.9. The minimum Gasteiger partial charge on any atom is -0.389 e. The van der Waals surface area contributed by atoms with Crippen molar-refractivity contribution in [1.29, 1.82) is 0 Å². The van der Waals surface area contributed by atoms with Gasteiger partial charge in [0.05, 0.1) is 12.2 Å². The van der Waals surface area contributed by atoms with E-state index in [0.717, 1.165) is 38.8 Å². The van der Waals surface area contributed by atoms with Crippen molar-refractivity contribution in [1.82, 2.24) is 4.90 Å². The lowest BCUT2D eigenvalue weighted by atomic mass is 9.44. The van der Waals surface area contributed by atoms with Gasteiger partial charge in [-0.1, -0.05) is 25.5 Å². The highest BCUT2D eigenvalue weighted by Crippen LogP contribution is 2.72. The number of ether oxygens (including phenoxy) is 1. The van der Waals surface area contributed by atoms with E-state index in [9.17, 15) is 5.11 Å². The Morgan fingerprint density at radius 1 is 1.06 bits per heavy atom. The van der Waals surface area contributed by atoms with Crippen LogP contribution in [0.1, 0.15) is 90.0 Å². The lowest BCUT2D eigenvalue weighted by Crippen LogP contribution is -2.63. The Labute approximate surface area is 204 Å². The summed E-state index contributed by atoms with van der Waals surface area (Å²) >= 11 is 1.78. The summed E-state index contributed by atoms with van der Waals surface area (Å²) in [5.74, 6) is 1.03. The Hall–Kier alpha value is -0.680. The molecule has 1 N–H and O–H groups in total. The summed E-state index contributed by atoms with van der Waals surface area (Å²) < 4.78 is 7.04. The third-order valence-corrected chi connectivity index (χ3v) is 12.0. The van der Waals surface area contributed by atoms with Crippen LogP contribution in [-0.2, 0) is 10.3 Å². The zero-order chi connectivity index (χ0) is 22.7. The molecular formula is C29H43NO2S. The molecule has 33 heavy (non-hydrogen) atoms. The SMILES string of the molecule is C[C@]12CCCC=C1CC[C@@H]1[C@H]2CC[C@]2(C)C(OCCN3CCCC3)(c3ccsc3)CC[C@@]12O. The summed E-state index contributed by atoms with van der Waals surface area (Å²) in [6.45, 7) is 9.17. The van der Waals surface area contributed by atoms with Crippen molar-refractivity contribution < 1.29 is 9.84 Å². The van der Waals surface area contributed by atoms with Crippen molar-refractivity contribution in [2.24, 2.45) is 22.7 Å². The van der Waals surface area contributed by atoms with Crippen LogP contribution in [-0.4, -0.2) is 41.8 Å². The van der Waals surface area contributed by atoms with E-state index in [-0.39, 0.29) is 11.0 Å². The Morgan fingerprint density at radius 3 is 2.70 bits per heavy atom. The fraction of sp³-hybridized carbons (Fsp3) is 0.793. The van der Waals surface area contributed by atoms with Gasteiger partial charge in [0, 0.05) is 12.0 Å². The van der Waals surface area contributed by atoms with Gasteiger partial charge in [-0.05, 0) is 123 Å². The monoisotopic (exact) mass is 469 g/mol. The molecular weight excluding hydrogens is 426 g/mol. The number of likely N-dealkylation sites (tertiary alicyclic amines) is 1. The smallest absolute Gasteiger partial charge is 0.102 e. The molecule has 0 aromatic carbocycles. The van der Waals surface area contributed by atoms with E-state index in [1.165, 1.54) is 63.6 Å². The third kappa shape index (κ3) is 3.16. The van der Waals surface area contributed by atoms with Crippen LogP contribution >= 0.6 is 11.3 Å². The number of nitrogens with zero attached hydrogens (tertiary/aromatic N) is 1. The van der Waals surface area contributed by atoms with Gasteiger partial charge in [-0.2, -0.15) is 11.3 Å². The van der Waals surface area contributed by atoms with Gasteiger partial charge in [0.25, 0.3) is 0 Å². The van der Waals surface area contributed by atoms with Crippen LogP contribution in [0.15, 0.2) is 28.5 Å². The van der Waals surface area contributed by atoms with Crippen molar-refractivity contribution in [2.75, 3.05) is 26.2 Å². The first-order valence-electron chi connectivity index (χ1n) is 13.7. The molecule has 0 spiro atoms. The fourth-order valence-electron chi connectivity index (χ4n) is 9.35. The maximum Gasteiger partial charge on any atom is 0.102 e. The molecule has 4 heteroatoms. The van der Waals surface area contributed by atoms with E-state index in [1.54, 1.807) is 16.9 Å². The van der Waals surface area contributed by atoms with Crippen LogP contribution < -0.4 is 0 Å². The van der Waals surface area contributed by atoms with Crippen LogP contribution in [0.3, 0.4) is 0 Å². The fourth-order valence-corrected chi connectivity index (χ4v) is 10.1. The van der Waals surface area contributed by atoms with Gasteiger partial charge in [0.15, 0.2) is 0 Å². The molecule has 0 bridgehead atoms. The largest absolute Gasteiger partial charge is 0.389 e.